The van der Waals surface area contributed by atoms with Gasteiger partial charge in [-0.3, -0.25) is 19.3 Å². The van der Waals surface area contributed by atoms with Crippen LogP contribution in [0.1, 0.15) is 17.7 Å². The van der Waals surface area contributed by atoms with E-state index in [-0.39, 0.29) is 33.9 Å². The SMILES string of the molecule is Nc1nc(C(=NO)C(=O)N[C@@H]2C(=O)N3C(C(=O)O)=C(C=C4CCN(Cc5cccc(O)c5)C4=O)CS[C@H]23)cs1.O=C(O)C(F)(F)F. The Morgan fingerprint density at radius 2 is 1.91 bits per heavy atom. The third-order valence-corrected chi connectivity index (χ3v) is 8.63. The summed E-state index contributed by atoms with van der Waals surface area (Å²) >= 11 is 2.28. The molecule has 0 saturated carbocycles. The average molecular weight is 685 g/mol. The normalized spacial score (nSPS) is 20.6. The molecule has 0 spiro atoms. The molecule has 0 bridgehead atoms. The number of nitrogen functional groups attached to an aromatic ring is 1. The smallest absolute Gasteiger partial charge is 0.490 e. The molecule has 1 aromatic heterocycles. The number of aliphatic carboxylic acids is 2. The van der Waals surface area contributed by atoms with E-state index in [1.54, 1.807) is 23.1 Å². The minimum atomic E-state index is -5.08. The third kappa shape index (κ3) is 7.23. The number of β-lactam (4-membered cyclic amide) rings is 1. The number of amides is 3. The first-order chi connectivity index (χ1) is 21.6. The number of halogens is 3. The van der Waals surface area contributed by atoms with Crippen LogP contribution < -0.4 is 11.1 Å². The van der Waals surface area contributed by atoms with Crippen LogP contribution in [-0.4, -0.2) is 101 Å². The number of carboxylic acid groups (broad SMARTS) is 2. The van der Waals surface area contributed by atoms with Crippen molar-refractivity contribution >= 4 is 63.6 Å². The molecule has 4 heterocycles. The number of alkyl halides is 3. The van der Waals surface area contributed by atoms with Crippen LogP contribution in [0.15, 0.2) is 57.7 Å². The number of carbonyl (C=O) groups is 5. The molecule has 2 fully saturated rings. The van der Waals surface area contributed by atoms with Gasteiger partial charge in [-0.25, -0.2) is 14.6 Å². The van der Waals surface area contributed by atoms with Gasteiger partial charge in [0, 0.05) is 29.8 Å². The van der Waals surface area contributed by atoms with Gasteiger partial charge in [0.25, 0.3) is 11.8 Å². The lowest BCUT2D eigenvalue weighted by Crippen LogP contribution is -2.71. The highest BCUT2D eigenvalue weighted by atomic mass is 32.2. The van der Waals surface area contributed by atoms with E-state index in [1.807, 2.05) is 0 Å². The summed E-state index contributed by atoms with van der Waals surface area (Å²) in [4.78, 5) is 66.3. The number of aromatic nitrogens is 1. The number of benzene rings is 1. The highest BCUT2D eigenvalue weighted by Gasteiger charge is 2.54. The standard InChI is InChI=1S/C24H22N6O7S2.C2HF3O2/c25-24-26-15(10-39-24)16(28-37)19(32)27-17-21(34)30-18(23(35)36)13(9-38-22(17)30)7-12-4-5-29(20(12)33)8-11-2-1-3-14(31)6-11;3-2(4,5)1(6)7/h1-3,6-7,10,17,22,31,37H,4-5,8-9H2,(H2,25,26)(H,27,32)(H,35,36);(H,6,7)/t17-,22-;/m1./s1. The molecular weight excluding hydrogens is 661 g/mol. The number of fused-ring (bicyclic) bond motifs is 1. The maximum absolute atomic E-state index is 13.0. The van der Waals surface area contributed by atoms with Crippen LogP contribution >= 0.6 is 23.1 Å². The second-order valence-electron chi connectivity index (χ2n) is 9.68. The fourth-order valence-corrected chi connectivity index (χ4v) is 6.46. The number of nitrogens with one attached hydrogen (secondary N) is 1. The number of allylic oxidation sites excluding steroid dienone is 1. The Balaban J connectivity index is 0.000000617. The molecule has 0 unspecified atom stereocenters. The monoisotopic (exact) mass is 684 g/mol. The van der Waals surface area contributed by atoms with Crippen molar-refractivity contribution in [1.82, 2.24) is 20.1 Å². The zero-order valence-corrected chi connectivity index (χ0v) is 24.7. The molecule has 5 rings (SSSR count). The van der Waals surface area contributed by atoms with Crippen LogP contribution in [0.2, 0.25) is 0 Å². The molecule has 0 radical (unpaired) electrons. The molecule has 2 atom stereocenters. The largest absolute Gasteiger partial charge is 0.508 e. The van der Waals surface area contributed by atoms with E-state index in [0.29, 0.717) is 30.7 Å². The van der Waals surface area contributed by atoms with Crippen molar-refractivity contribution in [2.24, 2.45) is 5.16 Å². The Labute approximate surface area is 264 Å². The Morgan fingerprint density at radius 1 is 1.22 bits per heavy atom. The molecule has 46 heavy (non-hydrogen) atoms. The summed E-state index contributed by atoms with van der Waals surface area (Å²) in [6.45, 7) is 0.729. The van der Waals surface area contributed by atoms with Gasteiger partial charge in [-0.2, -0.15) is 13.2 Å². The van der Waals surface area contributed by atoms with Crippen molar-refractivity contribution in [3.63, 3.8) is 0 Å². The molecule has 3 aliphatic heterocycles. The quantitative estimate of drug-likeness (QED) is 0.0797. The number of nitrogens with zero attached hydrogens (tertiary/aromatic N) is 4. The van der Waals surface area contributed by atoms with Gasteiger partial charge in [0.15, 0.2) is 10.8 Å². The summed E-state index contributed by atoms with van der Waals surface area (Å²) in [7, 11) is 0. The molecule has 2 saturated heterocycles. The summed E-state index contributed by atoms with van der Waals surface area (Å²) in [5, 5.41) is 42.4. The van der Waals surface area contributed by atoms with E-state index in [1.165, 1.54) is 29.3 Å². The number of rotatable bonds is 7. The number of aromatic hydroxyl groups is 1. The number of thioether (sulfide) groups is 1. The summed E-state index contributed by atoms with van der Waals surface area (Å²) in [5.41, 5.74) is 6.44. The lowest BCUT2D eigenvalue weighted by molar-refractivity contribution is -0.192. The van der Waals surface area contributed by atoms with Crippen molar-refractivity contribution < 1.29 is 57.7 Å². The van der Waals surface area contributed by atoms with Gasteiger partial charge in [0.1, 0.15) is 28.6 Å². The fourth-order valence-electron chi connectivity index (χ4n) is 4.61. The topological polar surface area (TPSA) is 236 Å². The maximum atomic E-state index is 13.0. The number of anilines is 1. The van der Waals surface area contributed by atoms with Crippen LogP contribution in [-0.2, 0) is 30.5 Å². The van der Waals surface area contributed by atoms with Crippen LogP contribution in [0.4, 0.5) is 18.3 Å². The summed E-state index contributed by atoms with van der Waals surface area (Å²) in [6, 6.07) is 5.55. The van der Waals surface area contributed by atoms with Crippen LogP contribution in [0.5, 0.6) is 5.75 Å². The van der Waals surface area contributed by atoms with E-state index in [9.17, 15) is 47.8 Å². The second kappa shape index (κ2) is 13.5. The van der Waals surface area contributed by atoms with E-state index < -0.39 is 47.1 Å². The van der Waals surface area contributed by atoms with Crippen molar-refractivity contribution in [2.45, 2.75) is 30.6 Å². The van der Waals surface area contributed by atoms with Gasteiger partial charge >= 0.3 is 18.1 Å². The Hall–Kier alpha value is -5.11. The Morgan fingerprint density at radius 3 is 2.48 bits per heavy atom. The predicted octanol–water partition coefficient (Wildman–Crippen LogP) is 1.34. The van der Waals surface area contributed by atoms with E-state index in [2.05, 4.69) is 15.5 Å². The van der Waals surface area contributed by atoms with Gasteiger partial charge in [0.2, 0.25) is 5.91 Å². The predicted molar refractivity (Wildman–Crippen MR) is 154 cm³/mol. The van der Waals surface area contributed by atoms with Crippen LogP contribution in [0.25, 0.3) is 0 Å². The number of phenolic OH excluding ortho intramolecular Hbond substituents is 1. The molecule has 2 aromatic rings. The lowest BCUT2D eigenvalue weighted by atomic mass is 10.0. The van der Waals surface area contributed by atoms with Gasteiger partial charge in [-0.1, -0.05) is 17.3 Å². The number of carboxylic acids is 2. The highest BCUT2D eigenvalue weighted by molar-refractivity contribution is 8.00. The van der Waals surface area contributed by atoms with Gasteiger partial charge in [-0.15, -0.1) is 23.1 Å². The van der Waals surface area contributed by atoms with E-state index >= 15 is 0 Å². The molecule has 15 nitrogen and oxygen atoms in total. The number of phenols is 1. The van der Waals surface area contributed by atoms with Crippen molar-refractivity contribution in [3.8, 4) is 5.75 Å². The zero-order chi connectivity index (χ0) is 33.9. The molecule has 0 aliphatic carbocycles. The molecule has 244 valence electrons. The molecule has 1 aromatic carbocycles. The molecule has 3 amide bonds. The summed E-state index contributed by atoms with van der Waals surface area (Å²) in [5.74, 6) is -5.56. The van der Waals surface area contributed by atoms with Gasteiger partial charge in [-0.05, 0) is 35.8 Å². The summed E-state index contributed by atoms with van der Waals surface area (Å²) in [6.07, 6.45) is -3.15. The minimum absolute atomic E-state index is 0.0387. The summed E-state index contributed by atoms with van der Waals surface area (Å²) < 4.78 is 31.7. The second-order valence-corrected chi connectivity index (χ2v) is 11.7. The minimum Gasteiger partial charge on any atom is -0.508 e. The Bertz CT molecular complexity index is 1690. The number of likely N-dealkylation sites (tertiary alicyclic amines) is 1. The number of nitrogens with two attached hydrogens (primary N) is 1. The van der Waals surface area contributed by atoms with E-state index in [4.69, 9.17) is 15.6 Å². The first kappa shape index (κ1) is 33.8. The van der Waals surface area contributed by atoms with E-state index in [0.717, 1.165) is 21.8 Å². The van der Waals surface area contributed by atoms with Crippen LogP contribution in [0, 0.1) is 0 Å². The highest BCUT2D eigenvalue weighted by Crippen LogP contribution is 2.41. The number of oxime groups is 1. The number of hydrogen-bond acceptors (Lipinski definition) is 12. The first-order valence-electron chi connectivity index (χ1n) is 12.9. The number of thiazole rings is 1. The Kier molecular flexibility index (Phi) is 9.90. The van der Waals surface area contributed by atoms with Crippen molar-refractivity contribution in [1.29, 1.82) is 0 Å². The number of carbonyl (C=O) groups excluding carboxylic acids is 3. The third-order valence-electron chi connectivity index (χ3n) is 6.65. The van der Waals surface area contributed by atoms with Crippen molar-refractivity contribution in [3.05, 3.63) is 63.8 Å². The average Bonchev–Trinajstić information content (AvgIpc) is 3.56. The molecular formula is C26H23F3N6O9S2. The van der Waals surface area contributed by atoms with Gasteiger partial charge in [0.05, 0.1) is 0 Å². The molecule has 3 aliphatic rings. The van der Waals surface area contributed by atoms with Crippen LogP contribution in [0.3, 0.4) is 0 Å². The molecule has 7 N–H and O–H groups in total. The number of hydrogen-bond donors (Lipinski definition) is 6. The van der Waals surface area contributed by atoms with Crippen molar-refractivity contribution in [2.75, 3.05) is 18.0 Å². The lowest BCUT2D eigenvalue weighted by Gasteiger charge is -2.49. The molecule has 20 heteroatoms. The zero-order valence-electron chi connectivity index (χ0n) is 23.1. The fraction of sp³-hybridized carbons (Fsp3) is 0.269. The van der Waals surface area contributed by atoms with Gasteiger partial charge < -0.3 is 36.5 Å². The maximum Gasteiger partial charge on any atom is 0.490 e. The first-order valence-corrected chi connectivity index (χ1v) is 14.8.